The highest BCUT2D eigenvalue weighted by Crippen LogP contribution is 2.32. The van der Waals surface area contributed by atoms with Gasteiger partial charge in [-0.2, -0.15) is 0 Å². The van der Waals surface area contributed by atoms with Crippen LogP contribution in [0.2, 0.25) is 0 Å². The Labute approximate surface area is 146 Å². The van der Waals surface area contributed by atoms with E-state index in [1.165, 1.54) is 47.3 Å². The Morgan fingerprint density at radius 3 is 2.62 bits per heavy atom. The molecule has 2 aromatic rings. The summed E-state index contributed by atoms with van der Waals surface area (Å²) in [4.78, 5) is 7.40. The van der Waals surface area contributed by atoms with E-state index in [0.717, 1.165) is 31.6 Å². The molecule has 1 N–H and O–H groups in total. The lowest BCUT2D eigenvalue weighted by molar-refractivity contribution is 0.575. The van der Waals surface area contributed by atoms with Gasteiger partial charge in [-0.25, -0.2) is 0 Å². The molecule has 0 unspecified atom stereocenters. The van der Waals surface area contributed by atoms with E-state index in [1.807, 2.05) is 7.05 Å². The van der Waals surface area contributed by atoms with Crippen LogP contribution >= 0.6 is 0 Å². The Balaban J connectivity index is 2.03. The van der Waals surface area contributed by atoms with Crippen LogP contribution < -0.4 is 10.2 Å². The topological polar surface area (TPSA) is 28.2 Å². The first kappa shape index (κ1) is 16.8. The third kappa shape index (κ3) is 3.55. The summed E-state index contributed by atoms with van der Waals surface area (Å²) in [6.07, 6.45) is 8.20. The Kier molecular flexibility index (Phi) is 5.39. The van der Waals surface area contributed by atoms with Crippen molar-refractivity contribution >= 4 is 11.4 Å². The smallest absolute Gasteiger partial charge is 0.0637 e. The highest BCUT2D eigenvalue weighted by atomic mass is 15.1. The summed E-state index contributed by atoms with van der Waals surface area (Å²) in [7, 11) is 1.97. The molecule has 0 aliphatic carbocycles. The first-order chi connectivity index (χ1) is 11.7. The molecule has 3 nitrogen and oxygen atoms in total. The van der Waals surface area contributed by atoms with Gasteiger partial charge in [-0.1, -0.05) is 19.4 Å². The molecule has 2 heterocycles. The Hall–Kier alpha value is -2.03. The molecule has 0 radical (unpaired) electrons. The second-order valence-electron chi connectivity index (χ2n) is 6.77. The van der Waals surface area contributed by atoms with Crippen LogP contribution in [0.4, 0.5) is 11.4 Å². The van der Waals surface area contributed by atoms with E-state index in [0.29, 0.717) is 0 Å². The van der Waals surface area contributed by atoms with Gasteiger partial charge in [0.2, 0.25) is 0 Å². The largest absolute Gasteiger partial charge is 0.388 e. The number of pyridine rings is 1. The van der Waals surface area contributed by atoms with Gasteiger partial charge in [0, 0.05) is 37.6 Å². The number of anilines is 2. The second kappa shape index (κ2) is 7.69. The van der Waals surface area contributed by atoms with E-state index in [4.69, 9.17) is 4.98 Å². The number of piperidine rings is 1. The molecule has 0 spiro atoms. The third-order valence-electron chi connectivity index (χ3n) is 4.97. The molecule has 1 aliphatic heterocycles. The molecule has 1 aromatic carbocycles. The molecule has 1 aromatic heterocycles. The van der Waals surface area contributed by atoms with Crippen molar-refractivity contribution in [3.63, 3.8) is 0 Å². The fourth-order valence-corrected chi connectivity index (χ4v) is 3.56. The summed E-state index contributed by atoms with van der Waals surface area (Å²) in [6, 6.07) is 8.90. The molecule has 0 amide bonds. The van der Waals surface area contributed by atoms with Crippen molar-refractivity contribution in [1.29, 1.82) is 0 Å². The monoisotopic (exact) mass is 323 g/mol. The van der Waals surface area contributed by atoms with Crippen molar-refractivity contribution in [3.8, 4) is 11.1 Å². The van der Waals surface area contributed by atoms with Crippen LogP contribution in [-0.2, 0) is 6.42 Å². The van der Waals surface area contributed by atoms with Crippen LogP contribution in [0.3, 0.4) is 0 Å². The molecule has 0 saturated carbocycles. The molecule has 3 rings (SSSR count). The fourth-order valence-electron chi connectivity index (χ4n) is 3.56. The lowest BCUT2D eigenvalue weighted by Gasteiger charge is -2.30. The van der Waals surface area contributed by atoms with Gasteiger partial charge in [-0.15, -0.1) is 0 Å². The molecular formula is C21H29N3. The van der Waals surface area contributed by atoms with Crippen LogP contribution in [0.1, 0.15) is 43.9 Å². The SMILES string of the molecule is CCCc1ncc(-c2cc(NC)ccc2C)cc1N1CCCCC1. The summed E-state index contributed by atoms with van der Waals surface area (Å²) in [6.45, 7) is 6.74. The van der Waals surface area contributed by atoms with Crippen LogP contribution in [0.25, 0.3) is 11.1 Å². The molecule has 3 heteroatoms. The maximum atomic E-state index is 4.85. The summed E-state index contributed by atoms with van der Waals surface area (Å²) < 4.78 is 0. The minimum absolute atomic E-state index is 1.06. The van der Waals surface area contributed by atoms with Gasteiger partial charge in [-0.3, -0.25) is 4.98 Å². The molecule has 0 atom stereocenters. The van der Waals surface area contributed by atoms with Crippen molar-refractivity contribution < 1.29 is 0 Å². The molecule has 128 valence electrons. The number of hydrogen-bond donors (Lipinski definition) is 1. The summed E-state index contributed by atoms with van der Waals surface area (Å²) in [5, 5.41) is 3.24. The van der Waals surface area contributed by atoms with Crippen LogP contribution in [0, 0.1) is 6.92 Å². The van der Waals surface area contributed by atoms with Crippen LogP contribution in [0.15, 0.2) is 30.5 Å². The van der Waals surface area contributed by atoms with Crippen molar-refractivity contribution in [2.75, 3.05) is 30.4 Å². The first-order valence-corrected chi connectivity index (χ1v) is 9.25. The molecule has 0 bridgehead atoms. The number of benzene rings is 1. The van der Waals surface area contributed by atoms with Gasteiger partial charge in [0.15, 0.2) is 0 Å². The van der Waals surface area contributed by atoms with Gasteiger partial charge in [-0.05, 0) is 61.9 Å². The van der Waals surface area contributed by atoms with E-state index in [1.54, 1.807) is 0 Å². The number of aromatic nitrogens is 1. The van der Waals surface area contributed by atoms with Gasteiger partial charge < -0.3 is 10.2 Å². The van der Waals surface area contributed by atoms with E-state index in [-0.39, 0.29) is 0 Å². The molecule has 1 fully saturated rings. The van der Waals surface area contributed by atoms with Crippen LogP contribution in [-0.4, -0.2) is 25.1 Å². The number of hydrogen-bond acceptors (Lipinski definition) is 3. The Morgan fingerprint density at radius 2 is 1.92 bits per heavy atom. The quantitative estimate of drug-likeness (QED) is 0.835. The zero-order chi connectivity index (χ0) is 16.9. The van der Waals surface area contributed by atoms with Gasteiger partial charge >= 0.3 is 0 Å². The Morgan fingerprint density at radius 1 is 1.12 bits per heavy atom. The van der Waals surface area contributed by atoms with Crippen molar-refractivity contribution in [2.24, 2.45) is 0 Å². The van der Waals surface area contributed by atoms with E-state index < -0.39 is 0 Å². The summed E-state index contributed by atoms with van der Waals surface area (Å²) in [5.74, 6) is 0. The maximum absolute atomic E-state index is 4.85. The molecule has 24 heavy (non-hydrogen) atoms. The lowest BCUT2D eigenvalue weighted by atomic mass is 9.99. The van der Waals surface area contributed by atoms with E-state index in [9.17, 15) is 0 Å². The third-order valence-corrected chi connectivity index (χ3v) is 4.97. The first-order valence-electron chi connectivity index (χ1n) is 9.25. The van der Waals surface area contributed by atoms with Crippen LogP contribution in [0.5, 0.6) is 0 Å². The van der Waals surface area contributed by atoms with E-state index in [2.05, 4.69) is 54.5 Å². The van der Waals surface area contributed by atoms with Crippen molar-refractivity contribution in [1.82, 2.24) is 4.98 Å². The molecule has 1 aliphatic rings. The maximum Gasteiger partial charge on any atom is 0.0637 e. The standard InChI is InChI=1S/C21H29N3/c1-4-8-20-21(24-11-6-5-7-12-24)13-17(15-23-20)19-14-18(22-3)10-9-16(19)2/h9-10,13-15,22H,4-8,11-12H2,1-3H3. The number of nitrogens with zero attached hydrogens (tertiary/aromatic N) is 2. The van der Waals surface area contributed by atoms with Crippen molar-refractivity contribution in [3.05, 3.63) is 41.7 Å². The highest BCUT2D eigenvalue weighted by Gasteiger charge is 2.17. The average Bonchev–Trinajstić information content (AvgIpc) is 2.63. The minimum Gasteiger partial charge on any atom is -0.388 e. The second-order valence-corrected chi connectivity index (χ2v) is 6.77. The normalized spacial score (nSPS) is 14.7. The zero-order valence-electron chi connectivity index (χ0n) is 15.2. The molecule has 1 saturated heterocycles. The van der Waals surface area contributed by atoms with Gasteiger partial charge in [0.1, 0.15) is 0 Å². The van der Waals surface area contributed by atoms with Gasteiger partial charge in [0.25, 0.3) is 0 Å². The lowest BCUT2D eigenvalue weighted by Crippen LogP contribution is -2.30. The fraction of sp³-hybridized carbons (Fsp3) is 0.476. The predicted octanol–water partition coefficient (Wildman–Crippen LogP) is 5.04. The zero-order valence-corrected chi connectivity index (χ0v) is 15.2. The van der Waals surface area contributed by atoms with Gasteiger partial charge in [0.05, 0.1) is 11.4 Å². The predicted molar refractivity (Wildman–Crippen MR) is 104 cm³/mol. The summed E-state index contributed by atoms with van der Waals surface area (Å²) >= 11 is 0. The van der Waals surface area contributed by atoms with Crippen molar-refractivity contribution in [2.45, 2.75) is 46.0 Å². The van der Waals surface area contributed by atoms with E-state index >= 15 is 0 Å². The molecular weight excluding hydrogens is 294 g/mol. The summed E-state index contributed by atoms with van der Waals surface area (Å²) in [5.41, 5.74) is 7.55. The Bertz CT molecular complexity index is 687. The number of nitrogens with one attached hydrogen (secondary N) is 1. The average molecular weight is 323 g/mol. The minimum atomic E-state index is 1.06. The number of aryl methyl sites for hydroxylation is 2. The highest BCUT2D eigenvalue weighted by molar-refractivity contribution is 5.74. The number of rotatable bonds is 5.